The summed E-state index contributed by atoms with van der Waals surface area (Å²) in [6.07, 6.45) is 0. The molecule has 0 aliphatic rings. The Balaban J connectivity index is 4.66. The Labute approximate surface area is 65.1 Å². The van der Waals surface area contributed by atoms with Crippen molar-refractivity contribution in [2.45, 2.75) is 12.2 Å². The highest BCUT2D eigenvalue weighted by Crippen LogP contribution is 2.05. The number of primary amides is 1. The van der Waals surface area contributed by atoms with E-state index >= 15 is 0 Å². The molecule has 1 atom stereocenters. The van der Waals surface area contributed by atoms with E-state index in [1.54, 1.807) is 0 Å². The lowest BCUT2D eigenvalue weighted by Gasteiger charge is -2.07. The lowest BCUT2D eigenvalue weighted by molar-refractivity contribution is -0.114. The zero-order valence-electron chi connectivity index (χ0n) is 6.07. The van der Waals surface area contributed by atoms with Gasteiger partial charge in [0, 0.05) is 5.57 Å². The molecule has 0 saturated carbocycles. The van der Waals surface area contributed by atoms with Gasteiger partial charge in [-0.25, -0.2) is 13.6 Å². The van der Waals surface area contributed by atoms with Gasteiger partial charge in [0.25, 0.3) is 0 Å². The Hall–Kier alpha value is -0.880. The minimum Gasteiger partial charge on any atom is -0.366 e. The summed E-state index contributed by atoms with van der Waals surface area (Å²) in [4.78, 5) is 10.4. The fraction of sp³-hybridized carbons (Fsp3) is 0.400. The number of primary sulfonamides is 1. The molecular formula is C5H10N2O3S. The molecule has 0 aliphatic heterocycles. The van der Waals surface area contributed by atoms with Gasteiger partial charge in [0.15, 0.2) is 0 Å². The summed E-state index contributed by atoms with van der Waals surface area (Å²) >= 11 is 0. The SMILES string of the molecule is C=C(C(N)=O)C(C)S(N)(=O)=O. The van der Waals surface area contributed by atoms with Crippen LogP contribution in [-0.2, 0) is 14.8 Å². The molecule has 1 amide bonds. The number of hydrogen-bond acceptors (Lipinski definition) is 3. The Morgan fingerprint density at radius 3 is 2.00 bits per heavy atom. The molecule has 0 heterocycles. The predicted octanol–water partition coefficient (Wildman–Crippen LogP) is -1.30. The molecule has 0 saturated heterocycles. The molecule has 0 radical (unpaired) electrons. The molecule has 0 aromatic heterocycles. The van der Waals surface area contributed by atoms with Crippen molar-refractivity contribution in [3.05, 3.63) is 12.2 Å². The second kappa shape index (κ2) is 3.02. The van der Waals surface area contributed by atoms with Gasteiger partial charge in [-0.2, -0.15) is 0 Å². The first kappa shape index (κ1) is 10.1. The maximum absolute atomic E-state index is 10.6. The highest BCUT2D eigenvalue weighted by atomic mass is 32.2. The van der Waals surface area contributed by atoms with Gasteiger partial charge < -0.3 is 5.73 Å². The van der Waals surface area contributed by atoms with Crippen LogP contribution in [-0.4, -0.2) is 19.6 Å². The van der Waals surface area contributed by atoms with Crippen molar-refractivity contribution in [1.29, 1.82) is 0 Å². The molecule has 11 heavy (non-hydrogen) atoms. The number of amides is 1. The van der Waals surface area contributed by atoms with Crippen molar-refractivity contribution in [3.63, 3.8) is 0 Å². The van der Waals surface area contributed by atoms with Gasteiger partial charge in [-0.05, 0) is 6.92 Å². The Morgan fingerprint density at radius 1 is 1.55 bits per heavy atom. The number of carbonyl (C=O) groups excluding carboxylic acids is 1. The third-order valence-electron chi connectivity index (χ3n) is 1.30. The summed E-state index contributed by atoms with van der Waals surface area (Å²) in [5.74, 6) is -0.855. The van der Waals surface area contributed by atoms with Crippen LogP contribution in [0.4, 0.5) is 0 Å². The number of carbonyl (C=O) groups is 1. The van der Waals surface area contributed by atoms with E-state index in [-0.39, 0.29) is 5.57 Å². The highest BCUT2D eigenvalue weighted by Gasteiger charge is 2.21. The van der Waals surface area contributed by atoms with Crippen LogP contribution in [0.15, 0.2) is 12.2 Å². The number of rotatable bonds is 3. The fourth-order valence-electron chi connectivity index (χ4n) is 0.399. The molecule has 6 heteroatoms. The monoisotopic (exact) mass is 178 g/mol. The van der Waals surface area contributed by atoms with E-state index < -0.39 is 21.2 Å². The summed E-state index contributed by atoms with van der Waals surface area (Å²) in [5.41, 5.74) is 4.57. The first-order valence-corrected chi connectivity index (χ1v) is 4.38. The number of nitrogens with two attached hydrogens (primary N) is 2. The molecule has 0 rings (SSSR count). The molecule has 0 aromatic carbocycles. The second-order valence-electron chi connectivity index (χ2n) is 2.12. The average Bonchev–Trinajstić information content (AvgIpc) is 1.82. The predicted molar refractivity (Wildman–Crippen MR) is 40.9 cm³/mol. The van der Waals surface area contributed by atoms with Gasteiger partial charge in [0.2, 0.25) is 15.9 Å². The third-order valence-corrected chi connectivity index (χ3v) is 2.57. The summed E-state index contributed by atoms with van der Waals surface area (Å²) < 4.78 is 21.2. The van der Waals surface area contributed by atoms with Gasteiger partial charge in [-0.1, -0.05) is 6.58 Å². The highest BCUT2D eigenvalue weighted by molar-refractivity contribution is 7.90. The van der Waals surface area contributed by atoms with Crippen molar-refractivity contribution in [2.24, 2.45) is 10.9 Å². The Morgan fingerprint density at radius 2 is 1.91 bits per heavy atom. The molecule has 64 valence electrons. The van der Waals surface area contributed by atoms with Gasteiger partial charge in [-0.15, -0.1) is 0 Å². The quantitative estimate of drug-likeness (QED) is 0.525. The summed E-state index contributed by atoms with van der Waals surface area (Å²) in [6, 6.07) is 0. The topological polar surface area (TPSA) is 103 Å². The molecule has 0 bridgehead atoms. The zero-order valence-corrected chi connectivity index (χ0v) is 6.89. The van der Waals surface area contributed by atoms with Crippen molar-refractivity contribution < 1.29 is 13.2 Å². The Bertz CT molecular complexity index is 280. The van der Waals surface area contributed by atoms with E-state index in [4.69, 9.17) is 10.9 Å². The average molecular weight is 178 g/mol. The summed E-state index contributed by atoms with van der Waals surface area (Å²) in [6.45, 7) is 4.44. The van der Waals surface area contributed by atoms with Crippen molar-refractivity contribution >= 4 is 15.9 Å². The second-order valence-corrected chi connectivity index (χ2v) is 4.01. The molecular weight excluding hydrogens is 168 g/mol. The van der Waals surface area contributed by atoms with Crippen LogP contribution in [0.3, 0.4) is 0 Å². The van der Waals surface area contributed by atoms with E-state index in [0.29, 0.717) is 0 Å². The van der Waals surface area contributed by atoms with Crippen LogP contribution < -0.4 is 10.9 Å². The van der Waals surface area contributed by atoms with E-state index in [2.05, 4.69) is 6.58 Å². The third kappa shape index (κ3) is 2.69. The van der Waals surface area contributed by atoms with Crippen LogP contribution in [0, 0.1) is 0 Å². The van der Waals surface area contributed by atoms with E-state index in [0.717, 1.165) is 0 Å². The number of hydrogen-bond donors (Lipinski definition) is 2. The minimum absolute atomic E-state index is 0.201. The first-order chi connectivity index (χ1) is 4.76. The van der Waals surface area contributed by atoms with Gasteiger partial charge >= 0.3 is 0 Å². The van der Waals surface area contributed by atoms with Gasteiger partial charge in [0.1, 0.15) is 5.25 Å². The van der Waals surface area contributed by atoms with E-state index in [1.807, 2.05) is 0 Å². The fourth-order valence-corrected chi connectivity index (χ4v) is 0.911. The largest absolute Gasteiger partial charge is 0.366 e. The minimum atomic E-state index is -3.75. The normalized spacial score (nSPS) is 14.0. The van der Waals surface area contributed by atoms with Crippen LogP contribution in [0.25, 0.3) is 0 Å². The molecule has 0 fully saturated rings. The standard InChI is InChI=1S/C5H10N2O3S/c1-3(5(6)8)4(2)11(7,9)10/h4H,1H2,2H3,(H2,6,8)(H2,7,9,10). The maximum Gasteiger partial charge on any atom is 0.245 e. The van der Waals surface area contributed by atoms with Crippen LogP contribution in [0.5, 0.6) is 0 Å². The smallest absolute Gasteiger partial charge is 0.245 e. The molecule has 5 nitrogen and oxygen atoms in total. The van der Waals surface area contributed by atoms with Crippen LogP contribution in [0.1, 0.15) is 6.92 Å². The van der Waals surface area contributed by atoms with Crippen LogP contribution >= 0.6 is 0 Å². The van der Waals surface area contributed by atoms with Gasteiger partial charge in [0.05, 0.1) is 0 Å². The first-order valence-electron chi connectivity index (χ1n) is 2.77. The lowest BCUT2D eigenvalue weighted by Crippen LogP contribution is -2.32. The van der Waals surface area contributed by atoms with Crippen molar-refractivity contribution in [2.75, 3.05) is 0 Å². The lowest BCUT2D eigenvalue weighted by atomic mass is 10.2. The summed E-state index contributed by atoms with van der Waals surface area (Å²) in [5, 5.41) is 3.61. The summed E-state index contributed by atoms with van der Waals surface area (Å²) in [7, 11) is -3.75. The molecule has 0 spiro atoms. The molecule has 4 N–H and O–H groups in total. The van der Waals surface area contributed by atoms with Crippen molar-refractivity contribution in [3.8, 4) is 0 Å². The van der Waals surface area contributed by atoms with Gasteiger partial charge in [-0.3, -0.25) is 4.79 Å². The Kier molecular flexibility index (Phi) is 2.77. The van der Waals surface area contributed by atoms with E-state index in [9.17, 15) is 13.2 Å². The van der Waals surface area contributed by atoms with E-state index in [1.165, 1.54) is 6.92 Å². The zero-order chi connectivity index (χ0) is 9.23. The van der Waals surface area contributed by atoms with Crippen LogP contribution in [0.2, 0.25) is 0 Å². The van der Waals surface area contributed by atoms with Crippen molar-refractivity contribution in [1.82, 2.24) is 0 Å². The molecule has 0 aromatic rings. The number of sulfonamides is 1. The molecule has 1 unspecified atom stereocenters. The maximum atomic E-state index is 10.6. The molecule has 0 aliphatic carbocycles.